The smallest absolute Gasteiger partial charge is 0.240 e. The number of hydrogen-bond donors (Lipinski definition) is 3. The summed E-state index contributed by atoms with van der Waals surface area (Å²) in [6.45, 7) is 2.05. The quantitative estimate of drug-likeness (QED) is 0.774. The monoisotopic (exact) mass is 309 g/mol. The highest BCUT2D eigenvalue weighted by atomic mass is 32.2. The zero-order chi connectivity index (χ0) is 14.7. The summed E-state index contributed by atoms with van der Waals surface area (Å²) in [5.74, 6) is 0. The molecule has 2 aliphatic rings. The van der Waals surface area contributed by atoms with Gasteiger partial charge < -0.3 is 10.6 Å². The Hall–Kier alpha value is -1.11. The second-order valence-electron chi connectivity index (χ2n) is 5.96. The van der Waals surface area contributed by atoms with Crippen molar-refractivity contribution < 1.29 is 8.42 Å². The van der Waals surface area contributed by atoms with Crippen molar-refractivity contribution in [3.8, 4) is 0 Å². The molecule has 5 nitrogen and oxygen atoms in total. The molecule has 1 aliphatic carbocycles. The minimum Gasteiger partial charge on any atom is -0.381 e. The number of nitrogens with one attached hydrogen (secondary N) is 3. The molecule has 3 N–H and O–H groups in total. The first-order valence-electron chi connectivity index (χ1n) is 7.73. The lowest BCUT2D eigenvalue weighted by atomic mass is 10.1. The molecule has 1 atom stereocenters. The van der Waals surface area contributed by atoms with Gasteiger partial charge in [0, 0.05) is 24.3 Å². The molecule has 1 aromatic rings. The molecule has 0 aromatic heterocycles. The molecule has 1 saturated heterocycles. The van der Waals surface area contributed by atoms with Crippen LogP contribution in [0.5, 0.6) is 0 Å². The Labute approximate surface area is 126 Å². The minimum atomic E-state index is -3.34. The predicted molar refractivity (Wildman–Crippen MR) is 83.9 cm³/mol. The van der Waals surface area contributed by atoms with Gasteiger partial charge >= 0.3 is 0 Å². The van der Waals surface area contributed by atoms with Gasteiger partial charge in [-0.25, -0.2) is 13.1 Å². The van der Waals surface area contributed by atoms with E-state index in [1.54, 1.807) is 12.1 Å². The van der Waals surface area contributed by atoms with E-state index in [9.17, 15) is 8.42 Å². The normalized spacial score (nSPS) is 23.5. The van der Waals surface area contributed by atoms with Gasteiger partial charge in [0.05, 0.1) is 4.90 Å². The lowest BCUT2D eigenvalue weighted by Crippen LogP contribution is -2.30. The molecule has 0 bridgehead atoms. The van der Waals surface area contributed by atoms with Crippen molar-refractivity contribution in [3.05, 3.63) is 24.3 Å². The van der Waals surface area contributed by atoms with Crippen LogP contribution in [0, 0.1) is 0 Å². The summed E-state index contributed by atoms with van der Waals surface area (Å²) in [5, 5.41) is 6.89. The zero-order valence-corrected chi connectivity index (χ0v) is 13.0. The van der Waals surface area contributed by atoms with Crippen molar-refractivity contribution in [1.82, 2.24) is 10.0 Å². The highest BCUT2D eigenvalue weighted by Crippen LogP contribution is 2.23. The average molecular weight is 309 g/mol. The molecule has 1 aliphatic heterocycles. The van der Waals surface area contributed by atoms with E-state index in [-0.39, 0.29) is 6.04 Å². The van der Waals surface area contributed by atoms with Crippen LogP contribution >= 0.6 is 0 Å². The molecule has 6 heteroatoms. The van der Waals surface area contributed by atoms with Crippen molar-refractivity contribution in [3.63, 3.8) is 0 Å². The summed E-state index contributed by atoms with van der Waals surface area (Å²) in [6, 6.07) is 7.62. The van der Waals surface area contributed by atoms with Crippen molar-refractivity contribution in [2.24, 2.45) is 0 Å². The van der Waals surface area contributed by atoms with Gasteiger partial charge in [0.1, 0.15) is 0 Å². The fraction of sp³-hybridized carbons (Fsp3) is 0.600. The first-order chi connectivity index (χ1) is 10.1. The van der Waals surface area contributed by atoms with Gasteiger partial charge in [-0.15, -0.1) is 0 Å². The molecular formula is C15H23N3O2S. The summed E-state index contributed by atoms with van der Waals surface area (Å²) >= 11 is 0. The van der Waals surface area contributed by atoms with Crippen LogP contribution in [0.15, 0.2) is 29.2 Å². The van der Waals surface area contributed by atoms with Crippen LogP contribution in [0.4, 0.5) is 5.69 Å². The maximum atomic E-state index is 12.1. The second kappa shape index (κ2) is 6.34. The predicted octanol–water partition coefficient (Wildman–Crippen LogP) is 1.68. The number of rotatable bonds is 5. The van der Waals surface area contributed by atoms with E-state index in [2.05, 4.69) is 15.4 Å². The second-order valence-corrected chi connectivity index (χ2v) is 7.68. The van der Waals surface area contributed by atoms with E-state index in [0.717, 1.165) is 38.0 Å². The molecule has 2 fully saturated rings. The molecule has 1 unspecified atom stereocenters. The molecule has 3 rings (SSSR count). The van der Waals surface area contributed by atoms with E-state index < -0.39 is 10.0 Å². The van der Waals surface area contributed by atoms with E-state index in [0.29, 0.717) is 10.9 Å². The Morgan fingerprint density at radius 2 is 1.76 bits per heavy atom. The zero-order valence-electron chi connectivity index (χ0n) is 12.1. The van der Waals surface area contributed by atoms with E-state index >= 15 is 0 Å². The Morgan fingerprint density at radius 3 is 2.48 bits per heavy atom. The van der Waals surface area contributed by atoms with E-state index in [4.69, 9.17) is 0 Å². The van der Waals surface area contributed by atoms with Gasteiger partial charge in [0.25, 0.3) is 0 Å². The molecule has 116 valence electrons. The summed E-state index contributed by atoms with van der Waals surface area (Å²) < 4.78 is 26.9. The third kappa shape index (κ3) is 4.18. The van der Waals surface area contributed by atoms with Crippen LogP contribution < -0.4 is 15.4 Å². The summed E-state index contributed by atoms with van der Waals surface area (Å²) in [4.78, 5) is 0.346. The fourth-order valence-corrected chi connectivity index (χ4v) is 3.90. The maximum Gasteiger partial charge on any atom is 0.240 e. The lowest BCUT2D eigenvalue weighted by molar-refractivity contribution is 0.581. The van der Waals surface area contributed by atoms with Crippen LogP contribution in [0.25, 0.3) is 0 Å². The summed E-state index contributed by atoms with van der Waals surface area (Å²) in [7, 11) is -3.34. The fourth-order valence-electron chi connectivity index (χ4n) is 2.60. The van der Waals surface area contributed by atoms with E-state index in [1.807, 2.05) is 12.1 Å². The SMILES string of the molecule is O=S(=O)(NC1CC1)c1ccc(NC2CCCCNC2)cc1. The van der Waals surface area contributed by atoms with Gasteiger partial charge in [0.15, 0.2) is 0 Å². The standard InChI is InChI=1S/C15H23N3O2S/c19-21(20,18-13-4-5-13)15-8-6-12(7-9-15)17-14-3-1-2-10-16-11-14/h6-9,13-14,16-18H,1-5,10-11H2. The molecule has 1 aromatic carbocycles. The largest absolute Gasteiger partial charge is 0.381 e. The minimum absolute atomic E-state index is 0.143. The molecule has 0 amide bonds. The third-order valence-corrected chi connectivity index (χ3v) is 5.52. The van der Waals surface area contributed by atoms with Crippen LogP contribution in [0.3, 0.4) is 0 Å². The van der Waals surface area contributed by atoms with Crippen LogP contribution in [-0.4, -0.2) is 33.6 Å². The Bertz CT molecular complexity index is 559. The number of hydrogen-bond acceptors (Lipinski definition) is 4. The number of anilines is 1. The van der Waals surface area contributed by atoms with Crippen molar-refractivity contribution in [2.45, 2.75) is 49.1 Å². The summed E-state index contributed by atoms with van der Waals surface area (Å²) in [5.41, 5.74) is 0.981. The Balaban J connectivity index is 1.63. The van der Waals surface area contributed by atoms with Crippen molar-refractivity contribution in [1.29, 1.82) is 0 Å². The first kappa shape index (κ1) is 14.8. The summed E-state index contributed by atoms with van der Waals surface area (Å²) in [6.07, 6.45) is 5.50. The third-order valence-electron chi connectivity index (χ3n) is 3.98. The highest BCUT2D eigenvalue weighted by Gasteiger charge is 2.27. The van der Waals surface area contributed by atoms with Gasteiger partial charge in [-0.05, 0) is 56.5 Å². The first-order valence-corrected chi connectivity index (χ1v) is 9.21. The van der Waals surface area contributed by atoms with E-state index in [1.165, 1.54) is 12.8 Å². The van der Waals surface area contributed by atoms with Crippen LogP contribution in [0.1, 0.15) is 32.1 Å². The van der Waals surface area contributed by atoms with Gasteiger partial charge in [0.2, 0.25) is 10.0 Å². The average Bonchev–Trinajstić information content (AvgIpc) is 3.27. The molecule has 1 heterocycles. The van der Waals surface area contributed by atoms with Gasteiger partial charge in [-0.1, -0.05) is 6.42 Å². The Morgan fingerprint density at radius 1 is 1.00 bits per heavy atom. The van der Waals surface area contributed by atoms with Gasteiger partial charge in [-0.3, -0.25) is 0 Å². The molecule has 0 radical (unpaired) electrons. The highest BCUT2D eigenvalue weighted by molar-refractivity contribution is 7.89. The lowest BCUT2D eigenvalue weighted by Gasteiger charge is -2.18. The van der Waals surface area contributed by atoms with Crippen molar-refractivity contribution >= 4 is 15.7 Å². The molecule has 1 saturated carbocycles. The number of sulfonamides is 1. The van der Waals surface area contributed by atoms with Crippen molar-refractivity contribution in [2.75, 3.05) is 18.4 Å². The molecule has 21 heavy (non-hydrogen) atoms. The topological polar surface area (TPSA) is 70.2 Å². The maximum absolute atomic E-state index is 12.1. The van der Waals surface area contributed by atoms with Crippen LogP contribution in [-0.2, 0) is 10.0 Å². The molecular weight excluding hydrogens is 286 g/mol. The number of benzene rings is 1. The molecule has 0 spiro atoms. The van der Waals surface area contributed by atoms with Crippen LogP contribution in [0.2, 0.25) is 0 Å². The van der Waals surface area contributed by atoms with Gasteiger partial charge in [-0.2, -0.15) is 0 Å². The Kier molecular flexibility index (Phi) is 4.47.